The van der Waals surface area contributed by atoms with E-state index in [1.165, 1.54) is 6.07 Å². The van der Waals surface area contributed by atoms with Gasteiger partial charge in [0, 0.05) is 18.0 Å². The minimum absolute atomic E-state index is 0.00592. The molecule has 0 aliphatic heterocycles. The van der Waals surface area contributed by atoms with Crippen LogP contribution >= 0.6 is 0 Å². The molecule has 0 saturated carbocycles. The number of nitrogens with zero attached hydrogens (tertiary/aromatic N) is 3. The van der Waals surface area contributed by atoms with Crippen LogP contribution in [0.5, 0.6) is 0 Å². The molecule has 126 valence electrons. The van der Waals surface area contributed by atoms with Crippen LogP contribution < -0.4 is 5.32 Å². The van der Waals surface area contributed by atoms with Crippen LogP contribution in [0, 0.1) is 0 Å². The number of aromatic nitrogens is 3. The summed E-state index contributed by atoms with van der Waals surface area (Å²) >= 11 is 0. The lowest BCUT2D eigenvalue weighted by Crippen LogP contribution is -2.24. The first-order valence-corrected chi connectivity index (χ1v) is 7.30. The molecule has 0 atom stereocenters. The van der Waals surface area contributed by atoms with Gasteiger partial charge in [-0.1, -0.05) is 27.7 Å². The normalized spacial score (nSPS) is 12.7. The zero-order valence-corrected chi connectivity index (χ0v) is 13.5. The van der Waals surface area contributed by atoms with Gasteiger partial charge >= 0.3 is 6.18 Å². The molecule has 1 N–H and O–H groups in total. The molecule has 2 aromatic rings. The molecule has 5 nitrogen and oxygen atoms in total. The molecule has 2 heterocycles. The molecule has 0 aliphatic rings. The number of nitrogens with one attached hydrogen (secondary N) is 1. The summed E-state index contributed by atoms with van der Waals surface area (Å²) < 4.78 is 40.6. The maximum absolute atomic E-state index is 13.3. The molecule has 2 rings (SSSR count). The van der Waals surface area contributed by atoms with E-state index in [9.17, 15) is 18.0 Å². The second-order valence-electron chi connectivity index (χ2n) is 6.33. The molecule has 23 heavy (non-hydrogen) atoms. The van der Waals surface area contributed by atoms with Gasteiger partial charge in [-0.2, -0.15) is 18.3 Å². The van der Waals surface area contributed by atoms with Crippen molar-refractivity contribution in [1.29, 1.82) is 0 Å². The van der Waals surface area contributed by atoms with Crippen LogP contribution in [0.15, 0.2) is 12.1 Å². The minimum Gasteiger partial charge on any atom is -0.351 e. The molecule has 0 spiro atoms. The van der Waals surface area contributed by atoms with Gasteiger partial charge in [-0.3, -0.25) is 4.79 Å². The Morgan fingerprint density at radius 2 is 1.91 bits per heavy atom. The molecule has 0 aliphatic carbocycles. The lowest BCUT2D eigenvalue weighted by Gasteiger charge is -2.19. The lowest BCUT2D eigenvalue weighted by molar-refractivity contribution is -0.142. The first-order valence-electron chi connectivity index (χ1n) is 7.30. The van der Waals surface area contributed by atoms with Crippen LogP contribution in [0.1, 0.15) is 56.0 Å². The number of hydrogen-bond donors (Lipinski definition) is 1. The van der Waals surface area contributed by atoms with Gasteiger partial charge in [0.2, 0.25) is 0 Å². The van der Waals surface area contributed by atoms with Gasteiger partial charge < -0.3 is 5.32 Å². The molecular weight excluding hydrogens is 309 g/mol. The molecule has 0 radical (unpaired) electrons. The topological polar surface area (TPSA) is 59.3 Å². The van der Waals surface area contributed by atoms with Crippen molar-refractivity contribution in [3.8, 4) is 0 Å². The zero-order valence-electron chi connectivity index (χ0n) is 13.5. The number of carbonyl (C=O) groups is 1. The van der Waals surface area contributed by atoms with Crippen LogP contribution in [0.25, 0.3) is 5.65 Å². The predicted octanol–water partition coefficient (Wildman–Crippen LogP) is 3.19. The summed E-state index contributed by atoms with van der Waals surface area (Å²) in [6, 6.07) is 2.25. The average Bonchev–Trinajstić information content (AvgIpc) is 2.85. The van der Waals surface area contributed by atoms with Crippen molar-refractivity contribution >= 4 is 11.6 Å². The summed E-state index contributed by atoms with van der Waals surface area (Å²) in [6.45, 7) is 7.63. The van der Waals surface area contributed by atoms with E-state index in [4.69, 9.17) is 0 Å². The van der Waals surface area contributed by atoms with E-state index in [0.717, 1.165) is 12.5 Å². The lowest BCUT2D eigenvalue weighted by atomic mass is 9.91. The first kappa shape index (κ1) is 17.2. The largest absolute Gasteiger partial charge is 0.433 e. The first-order chi connectivity index (χ1) is 10.5. The van der Waals surface area contributed by atoms with Crippen molar-refractivity contribution in [3.05, 3.63) is 29.2 Å². The van der Waals surface area contributed by atoms with Crippen LogP contribution in [0.4, 0.5) is 13.2 Å². The Hall–Kier alpha value is -2.12. The summed E-state index contributed by atoms with van der Waals surface area (Å²) in [5, 5.41) is 6.37. The van der Waals surface area contributed by atoms with Crippen molar-refractivity contribution in [3.63, 3.8) is 0 Å². The molecule has 2 aromatic heterocycles. The number of fused-ring (bicyclic) bond motifs is 1. The van der Waals surface area contributed by atoms with E-state index < -0.39 is 23.2 Å². The third-order valence-electron chi connectivity index (χ3n) is 3.25. The highest BCUT2D eigenvalue weighted by Gasteiger charge is 2.36. The summed E-state index contributed by atoms with van der Waals surface area (Å²) in [4.78, 5) is 16.1. The zero-order chi connectivity index (χ0) is 17.4. The monoisotopic (exact) mass is 328 g/mol. The Labute approximate surface area is 131 Å². The van der Waals surface area contributed by atoms with Crippen molar-refractivity contribution in [2.75, 3.05) is 6.54 Å². The third-order valence-corrected chi connectivity index (χ3v) is 3.25. The van der Waals surface area contributed by atoms with Crippen LogP contribution in [-0.2, 0) is 11.6 Å². The fraction of sp³-hybridized carbons (Fsp3) is 0.533. The van der Waals surface area contributed by atoms with Crippen LogP contribution in [0.3, 0.4) is 0 Å². The van der Waals surface area contributed by atoms with Gasteiger partial charge in [-0.05, 0) is 12.5 Å². The van der Waals surface area contributed by atoms with E-state index in [-0.39, 0.29) is 17.0 Å². The van der Waals surface area contributed by atoms with E-state index in [1.54, 1.807) is 20.8 Å². The molecule has 0 bridgehead atoms. The van der Waals surface area contributed by atoms with Crippen molar-refractivity contribution < 1.29 is 18.0 Å². The summed E-state index contributed by atoms with van der Waals surface area (Å²) in [5.74, 6) is -0.511. The molecule has 0 saturated heterocycles. The van der Waals surface area contributed by atoms with Crippen molar-refractivity contribution in [2.24, 2.45) is 0 Å². The molecule has 0 aromatic carbocycles. The fourth-order valence-corrected chi connectivity index (χ4v) is 2.00. The number of amides is 1. The van der Waals surface area contributed by atoms with E-state index >= 15 is 0 Å². The number of alkyl halides is 3. The van der Waals surface area contributed by atoms with Gasteiger partial charge in [0.15, 0.2) is 11.3 Å². The second-order valence-corrected chi connectivity index (χ2v) is 6.33. The molecule has 0 fully saturated rings. The summed E-state index contributed by atoms with van der Waals surface area (Å²) in [7, 11) is 0. The summed E-state index contributed by atoms with van der Waals surface area (Å²) in [5.41, 5.74) is -1.29. The van der Waals surface area contributed by atoms with Gasteiger partial charge in [-0.25, -0.2) is 9.50 Å². The second kappa shape index (κ2) is 5.82. The Morgan fingerprint density at radius 1 is 1.26 bits per heavy atom. The van der Waals surface area contributed by atoms with Crippen molar-refractivity contribution in [2.45, 2.75) is 45.7 Å². The number of hydrogen-bond acceptors (Lipinski definition) is 3. The molecule has 8 heteroatoms. The fourth-order valence-electron chi connectivity index (χ4n) is 2.00. The maximum atomic E-state index is 13.3. The molecule has 1 amide bonds. The Kier molecular flexibility index (Phi) is 4.37. The minimum atomic E-state index is -4.59. The highest BCUT2D eigenvalue weighted by atomic mass is 19.4. The summed E-state index contributed by atoms with van der Waals surface area (Å²) in [6.07, 6.45) is -3.87. The van der Waals surface area contributed by atoms with E-state index in [1.807, 2.05) is 6.92 Å². The maximum Gasteiger partial charge on any atom is 0.433 e. The Morgan fingerprint density at radius 3 is 2.43 bits per heavy atom. The average molecular weight is 328 g/mol. The quantitative estimate of drug-likeness (QED) is 0.941. The SMILES string of the molecule is CCCNC(=O)c1cc2nc(C(C)(C)C)cc(C(F)(F)F)n2n1. The Bertz CT molecular complexity index is 729. The third kappa shape index (κ3) is 3.62. The predicted molar refractivity (Wildman–Crippen MR) is 79.3 cm³/mol. The van der Waals surface area contributed by atoms with Crippen LogP contribution in [0.2, 0.25) is 0 Å². The van der Waals surface area contributed by atoms with Crippen molar-refractivity contribution in [1.82, 2.24) is 19.9 Å². The smallest absolute Gasteiger partial charge is 0.351 e. The number of rotatable bonds is 3. The van der Waals surface area contributed by atoms with Gasteiger partial charge in [0.05, 0.1) is 5.69 Å². The molecular formula is C15H19F3N4O. The highest BCUT2D eigenvalue weighted by Crippen LogP contribution is 2.32. The highest BCUT2D eigenvalue weighted by molar-refractivity contribution is 5.93. The van der Waals surface area contributed by atoms with Gasteiger partial charge in [0.1, 0.15) is 5.69 Å². The van der Waals surface area contributed by atoms with Gasteiger partial charge in [0.25, 0.3) is 5.91 Å². The Balaban J connectivity index is 2.61. The van der Waals surface area contributed by atoms with E-state index in [0.29, 0.717) is 11.1 Å². The number of carbonyl (C=O) groups excluding carboxylic acids is 1. The standard InChI is InChI=1S/C15H19F3N4O/c1-5-6-19-13(23)9-7-12-20-10(14(2,3)4)8-11(15(16,17)18)22(12)21-9/h7-8H,5-6H2,1-4H3,(H,19,23). The van der Waals surface area contributed by atoms with Crippen LogP contribution in [-0.4, -0.2) is 27.0 Å². The molecule has 0 unspecified atom stereocenters. The van der Waals surface area contributed by atoms with Gasteiger partial charge in [-0.15, -0.1) is 0 Å². The van der Waals surface area contributed by atoms with E-state index in [2.05, 4.69) is 15.4 Å². The number of halogens is 3.